The molecule has 15 heteroatoms. The number of nitrogen functional groups attached to an aromatic ring is 1. The quantitative estimate of drug-likeness (QED) is 0.114. The summed E-state index contributed by atoms with van der Waals surface area (Å²) in [5.41, 5.74) is 5.65. The summed E-state index contributed by atoms with van der Waals surface area (Å²) in [6, 6.07) is -1.01. The number of hydrogen-bond acceptors (Lipinski definition) is 12. The number of Topliss-reactive ketones (excluding diaryl/α,β-unsaturated/α-hetero) is 1. The fourth-order valence-corrected chi connectivity index (χ4v) is 5.39. The average Bonchev–Trinajstić information content (AvgIpc) is 3.55. The van der Waals surface area contributed by atoms with Crippen molar-refractivity contribution < 1.29 is 38.7 Å². The Morgan fingerprint density at radius 2 is 2.08 bits per heavy atom. The van der Waals surface area contributed by atoms with E-state index in [-0.39, 0.29) is 46.0 Å². The van der Waals surface area contributed by atoms with E-state index in [9.17, 15) is 29.1 Å². The zero-order valence-corrected chi connectivity index (χ0v) is 20.7. The highest BCUT2D eigenvalue weighted by Crippen LogP contribution is 2.40. The van der Waals surface area contributed by atoms with Crippen molar-refractivity contribution in [1.82, 2.24) is 15.2 Å². The summed E-state index contributed by atoms with van der Waals surface area (Å²) in [4.78, 5) is 71.0. The van der Waals surface area contributed by atoms with Crippen LogP contribution in [0.4, 0.5) is 5.13 Å². The third-order valence-corrected chi connectivity index (χ3v) is 7.49. The van der Waals surface area contributed by atoms with Crippen LogP contribution in [0.1, 0.15) is 31.9 Å². The predicted molar refractivity (Wildman–Crippen MR) is 128 cm³/mol. The number of hydrogen-bond donors (Lipinski definition) is 3. The number of nitrogens with two attached hydrogens (primary N) is 1. The van der Waals surface area contributed by atoms with Gasteiger partial charge in [0.25, 0.3) is 11.8 Å². The summed E-state index contributed by atoms with van der Waals surface area (Å²) < 4.78 is 5.00. The number of oxime groups is 1. The van der Waals surface area contributed by atoms with Gasteiger partial charge in [-0.25, -0.2) is 9.78 Å². The zero-order chi connectivity index (χ0) is 26.0. The van der Waals surface area contributed by atoms with Crippen molar-refractivity contribution in [1.29, 1.82) is 0 Å². The highest BCUT2D eigenvalue weighted by Gasteiger charge is 2.54. The number of amides is 2. The van der Waals surface area contributed by atoms with E-state index < -0.39 is 41.6 Å². The van der Waals surface area contributed by atoms with E-state index in [2.05, 4.69) is 15.5 Å². The molecule has 0 radical (unpaired) electrons. The van der Waals surface area contributed by atoms with Gasteiger partial charge < -0.3 is 25.7 Å². The molecule has 2 atom stereocenters. The smallest absolute Gasteiger partial charge is 0.352 e. The Morgan fingerprint density at radius 3 is 2.69 bits per heavy atom. The van der Waals surface area contributed by atoms with Gasteiger partial charge in [-0.1, -0.05) is 5.16 Å². The standard InChI is InChI=1S/C21H23N5O8S2/c1-9(27)4-13(28)33-6-11-7-35-19-15(18(30)26(19)16(11)20(31)32)24-17(29)14(12-8-36-21(22)23-12)25-34-5-10-2-3-10/h8,10,15,19H,2-7H2,1H3,(H2,22,23)(H,24,29)(H,31,32)/t15-,19+/m1/s1. The van der Waals surface area contributed by atoms with Crippen molar-refractivity contribution in [2.45, 2.75) is 37.6 Å². The largest absolute Gasteiger partial charge is 0.477 e. The van der Waals surface area contributed by atoms with E-state index in [1.807, 2.05) is 0 Å². The van der Waals surface area contributed by atoms with Crippen LogP contribution in [-0.4, -0.2) is 80.6 Å². The molecular weight excluding hydrogens is 514 g/mol. The van der Waals surface area contributed by atoms with Gasteiger partial charge in [0.2, 0.25) is 0 Å². The van der Waals surface area contributed by atoms with E-state index in [0.717, 1.165) is 29.1 Å². The Morgan fingerprint density at radius 1 is 1.33 bits per heavy atom. The van der Waals surface area contributed by atoms with Gasteiger partial charge in [-0.05, 0) is 25.7 Å². The number of aromatic nitrogens is 1. The van der Waals surface area contributed by atoms with Gasteiger partial charge in [-0.2, -0.15) is 0 Å². The molecule has 0 aromatic carbocycles. The lowest BCUT2D eigenvalue weighted by Crippen LogP contribution is -2.71. The number of carboxylic acid groups (broad SMARTS) is 1. The lowest BCUT2D eigenvalue weighted by atomic mass is 10.0. The monoisotopic (exact) mass is 537 g/mol. The Bertz CT molecular complexity index is 1170. The maximum Gasteiger partial charge on any atom is 0.352 e. The van der Waals surface area contributed by atoms with Gasteiger partial charge in [-0.3, -0.25) is 24.1 Å². The molecule has 0 unspecified atom stereocenters. The summed E-state index contributed by atoms with van der Waals surface area (Å²) in [6.45, 7) is 1.22. The maximum atomic E-state index is 13.0. The minimum absolute atomic E-state index is 0.136. The first-order chi connectivity index (χ1) is 17.2. The normalized spacial score (nSPS) is 21.4. The summed E-state index contributed by atoms with van der Waals surface area (Å²) in [7, 11) is 0. The molecule has 3 heterocycles. The molecule has 2 amide bonds. The number of thioether (sulfide) groups is 1. The van der Waals surface area contributed by atoms with Crippen LogP contribution < -0.4 is 11.1 Å². The first kappa shape index (κ1) is 25.6. The average molecular weight is 538 g/mol. The summed E-state index contributed by atoms with van der Waals surface area (Å²) in [5.74, 6) is -3.35. The van der Waals surface area contributed by atoms with Crippen LogP contribution in [-0.2, 0) is 33.5 Å². The Hall–Kier alpha value is -3.46. The van der Waals surface area contributed by atoms with Gasteiger partial charge in [0.05, 0.1) is 0 Å². The molecule has 1 aromatic heterocycles. The number of β-lactam (4-membered cyclic amide) rings is 1. The molecule has 192 valence electrons. The number of carbonyl (C=O) groups excluding carboxylic acids is 4. The maximum absolute atomic E-state index is 13.0. The molecule has 36 heavy (non-hydrogen) atoms. The van der Waals surface area contributed by atoms with Crippen LogP contribution in [0.25, 0.3) is 0 Å². The summed E-state index contributed by atoms with van der Waals surface area (Å²) in [6.07, 6.45) is 1.63. The van der Waals surface area contributed by atoms with Crippen LogP contribution in [0.2, 0.25) is 0 Å². The third kappa shape index (κ3) is 5.67. The molecule has 2 aliphatic heterocycles. The number of fused-ring (bicyclic) bond motifs is 1. The minimum Gasteiger partial charge on any atom is -0.477 e. The van der Waals surface area contributed by atoms with E-state index >= 15 is 0 Å². The van der Waals surface area contributed by atoms with Gasteiger partial charge in [0.1, 0.15) is 48.2 Å². The molecule has 1 aliphatic carbocycles. The Labute approximate surface area is 213 Å². The zero-order valence-electron chi connectivity index (χ0n) is 19.1. The molecule has 0 bridgehead atoms. The van der Waals surface area contributed by atoms with Crippen LogP contribution in [0.3, 0.4) is 0 Å². The summed E-state index contributed by atoms with van der Waals surface area (Å²) >= 11 is 2.33. The van der Waals surface area contributed by atoms with E-state index in [1.165, 1.54) is 18.7 Å². The topological polar surface area (TPSA) is 191 Å². The number of rotatable bonds is 11. The SMILES string of the molecule is CC(=O)CC(=O)OCC1=C(C(=O)O)N2C(=O)[C@@H](NC(=O)C(=NOCC3CC3)c3csc(N)n3)[C@@H]2SC1. The molecule has 1 saturated carbocycles. The van der Waals surface area contributed by atoms with Crippen molar-refractivity contribution in [3.8, 4) is 0 Å². The van der Waals surface area contributed by atoms with Crippen molar-refractivity contribution in [2.75, 3.05) is 24.7 Å². The molecule has 1 aromatic rings. The van der Waals surface area contributed by atoms with Crippen molar-refractivity contribution in [3.63, 3.8) is 0 Å². The van der Waals surface area contributed by atoms with Gasteiger partial charge >= 0.3 is 11.9 Å². The number of carbonyl (C=O) groups is 5. The summed E-state index contributed by atoms with van der Waals surface area (Å²) in [5, 5.41) is 17.3. The van der Waals surface area contributed by atoms with Crippen molar-refractivity contribution in [3.05, 3.63) is 22.3 Å². The molecule has 1 saturated heterocycles. The first-order valence-corrected chi connectivity index (χ1v) is 12.9. The molecular formula is C21H23N5O8S2. The second-order valence-electron chi connectivity index (χ2n) is 8.41. The lowest BCUT2D eigenvalue weighted by Gasteiger charge is -2.49. The van der Waals surface area contributed by atoms with Crippen molar-refractivity contribution >= 4 is 63.5 Å². The number of nitrogens with one attached hydrogen (secondary N) is 1. The number of carboxylic acids is 1. The number of aliphatic carboxylic acids is 1. The van der Waals surface area contributed by atoms with Crippen molar-refractivity contribution in [2.24, 2.45) is 11.1 Å². The van der Waals surface area contributed by atoms with E-state index in [1.54, 1.807) is 5.38 Å². The predicted octanol–water partition coefficient (Wildman–Crippen LogP) is 0.117. The number of anilines is 1. The molecule has 4 rings (SSSR count). The number of nitrogens with zero attached hydrogens (tertiary/aromatic N) is 3. The number of ketones is 1. The van der Waals surface area contributed by atoms with E-state index in [4.69, 9.17) is 15.3 Å². The Kier molecular flexibility index (Phi) is 7.59. The highest BCUT2D eigenvalue weighted by atomic mass is 32.2. The molecule has 0 spiro atoms. The highest BCUT2D eigenvalue weighted by molar-refractivity contribution is 8.00. The lowest BCUT2D eigenvalue weighted by molar-refractivity contribution is -0.150. The first-order valence-electron chi connectivity index (χ1n) is 10.9. The van der Waals surface area contributed by atoms with Gasteiger partial charge in [0, 0.05) is 16.7 Å². The van der Waals surface area contributed by atoms with E-state index in [0.29, 0.717) is 12.5 Å². The van der Waals surface area contributed by atoms with Gasteiger partial charge in [0.15, 0.2) is 10.8 Å². The van der Waals surface area contributed by atoms with Crippen LogP contribution in [0.5, 0.6) is 0 Å². The third-order valence-electron chi connectivity index (χ3n) is 5.48. The molecule has 13 nitrogen and oxygen atoms in total. The van der Waals surface area contributed by atoms with Crippen LogP contribution in [0.15, 0.2) is 21.8 Å². The van der Waals surface area contributed by atoms with Gasteiger partial charge in [-0.15, -0.1) is 23.1 Å². The second-order valence-corrected chi connectivity index (χ2v) is 10.4. The minimum atomic E-state index is -1.37. The number of ether oxygens (including phenoxy) is 1. The molecule has 2 fully saturated rings. The fourth-order valence-electron chi connectivity index (χ4n) is 3.52. The Balaban J connectivity index is 1.45. The number of thiazole rings is 1. The fraction of sp³-hybridized carbons (Fsp3) is 0.476. The van der Waals surface area contributed by atoms with Crippen LogP contribution >= 0.6 is 23.1 Å². The second kappa shape index (κ2) is 10.7. The molecule has 3 aliphatic rings. The molecule has 4 N–H and O–H groups in total. The number of esters is 1. The van der Waals surface area contributed by atoms with Crippen LogP contribution in [0, 0.1) is 5.92 Å².